The number of aryl methyl sites for hydroxylation is 1. The number of aliphatic hydroxyl groups excluding tert-OH is 1. The van der Waals surface area contributed by atoms with Gasteiger partial charge in [0, 0.05) is 22.7 Å². The second-order valence-electron chi connectivity index (χ2n) is 5.03. The van der Waals surface area contributed by atoms with Crippen molar-refractivity contribution in [1.82, 2.24) is 4.98 Å². The number of benzene rings is 1. The molecule has 3 nitrogen and oxygen atoms in total. The van der Waals surface area contributed by atoms with Gasteiger partial charge in [-0.1, -0.05) is 43.4 Å². The van der Waals surface area contributed by atoms with E-state index in [0.29, 0.717) is 0 Å². The number of allylic oxidation sites excluding steroid dienone is 3. The van der Waals surface area contributed by atoms with E-state index in [4.69, 9.17) is 0 Å². The smallest absolute Gasteiger partial charge is 0.189 e. The van der Waals surface area contributed by atoms with Crippen LogP contribution in [-0.4, -0.2) is 16.2 Å². The highest BCUT2D eigenvalue weighted by atomic mass is 16.3. The normalized spacial score (nSPS) is 13.4. The predicted octanol–water partition coefficient (Wildman–Crippen LogP) is 3.34. The van der Waals surface area contributed by atoms with Gasteiger partial charge in [-0.3, -0.25) is 4.79 Å². The van der Waals surface area contributed by atoms with E-state index < -0.39 is 0 Å². The minimum absolute atomic E-state index is 0.0642. The SMILES string of the molecule is CC[C@H](O)/C=C\C=C/CCc1cc(=O)c2ccccc2[nH]1. The number of H-pyrrole nitrogens is 1. The van der Waals surface area contributed by atoms with Crippen LogP contribution in [0.2, 0.25) is 0 Å². The van der Waals surface area contributed by atoms with Crippen LogP contribution >= 0.6 is 0 Å². The number of hydrogen-bond donors (Lipinski definition) is 2. The predicted molar refractivity (Wildman–Crippen MR) is 87.5 cm³/mol. The van der Waals surface area contributed by atoms with E-state index in [-0.39, 0.29) is 11.5 Å². The van der Waals surface area contributed by atoms with E-state index in [9.17, 15) is 9.90 Å². The van der Waals surface area contributed by atoms with Crippen LogP contribution < -0.4 is 5.43 Å². The molecule has 1 aromatic carbocycles. The number of rotatable bonds is 6. The molecule has 0 fully saturated rings. The van der Waals surface area contributed by atoms with Crippen molar-refractivity contribution in [2.24, 2.45) is 0 Å². The summed E-state index contributed by atoms with van der Waals surface area (Å²) in [7, 11) is 0. The zero-order chi connectivity index (χ0) is 15.1. The van der Waals surface area contributed by atoms with Gasteiger partial charge in [0.2, 0.25) is 0 Å². The summed E-state index contributed by atoms with van der Waals surface area (Å²) in [5.74, 6) is 0. The number of nitrogens with one attached hydrogen (secondary N) is 1. The third kappa shape index (κ3) is 4.43. The molecule has 0 aliphatic carbocycles. The molecule has 0 spiro atoms. The Labute approximate surface area is 124 Å². The number of pyridine rings is 1. The Balaban J connectivity index is 1.96. The molecule has 110 valence electrons. The van der Waals surface area contributed by atoms with Gasteiger partial charge in [-0.25, -0.2) is 0 Å². The molecule has 0 saturated heterocycles. The number of hydrogen-bond acceptors (Lipinski definition) is 2. The van der Waals surface area contributed by atoms with Gasteiger partial charge in [-0.15, -0.1) is 0 Å². The molecule has 0 amide bonds. The van der Waals surface area contributed by atoms with Crippen LogP contribution in [0, 0.1) is 0 Å². The van der Waals surface area contributed by atoms with Crippen LogP contribution in [-0.2, 0) is 6.42 Å². The van der Waals surface area contributed by atoms with Gasteiger partial charge in [0.1, 0.15) is 0 Å². The Bertz CT molecular complexity index is 698. The average molecular weight is 283 g/mol. The molecule has 2 rings (SSSR count). The van der Waals surface area contributed by atoms with Crippen LogP contribution in [0.3, 0.4) is 0 Å². The lowest BCUT2D eigenvalue weighted by molar-refractivity contribution is 0.219. The van der Waals surface area contributed by atoms with E-state index in [1.54, 1.807) is 12.1 Å². The fourth-order valence-electron chi connectivity index (χ4n) is 2.13. The summed E-state index contributed by atoms with van der Waals surface area (Å²) in [5, 5.41) is 10.1. The first kappa shape index (κ1) is 15.3. The lowest BCUT2D eigenvalue weighted by Gasteiger charge is -2.02. The lowest BCUT2D eigenvalue weighted by atomic mass is 10.1. The maximum Gasteiger partial charge on any atom is 0.189 e. The largest absolute Gasteiger partial charge is 0.389 e. The molecular weight excluding hydrogens is 262 g/mol. The standard InChI is InChI=1S/C18H21NO2/c1-2-15(20)10-6-4-3-5-9-14-13-18(21)16-11-7-8-12-17(16)19-14/h3-4,6-8,10-13,15,20H,2,5,9H2,1H3,(H,19,21)/b4-3-,10-6-/t15-/m0/s1. The van der Waals surface area contributed by atoms with Gasteiger partial charge < -0.3 is 10.1 Å². The van der Waals surface area contributed by atoms with Gasteiger partial charge in [0.15, 0.2) is 5.43 Å². The molecule has 1 atom stereocenters. The van der Waals surface area contributed by atoms with Crippen molar-refractivity contribution in [1.29, 1.82) is 0 Å². The summed E-state index contributed by atoms with van der Waals surface area (Å²) in [6.45, 7) is 1.94. The molecule has 2 N–H and O–H groups in total. The molecule has 21 heavy (non-hydrogen) atoms. The maximum atomic E-state index is 12.0. The first-order chi connectivity index (χ1) is 10.2. The summed E-state index contributed by atoms with van der Waals surface area (Å²) < 4.78 is 0. The van der Waals surface area contributed by atoms with Crippen LogP contribution in [0.15, 0.2) is 59.4 Å². The third-order valence-electron chi connectivity index (χ3n) is 3.37. The molecule has 2 aromatic rings. The first-order valence-corrected chi connectivity index (χ1v) is 7.33. The fraction of sp³-hybridized carbons (Fsp3) is 0.278. The van der Waals surface area contributed by atoms with Crippen LogP contribution in [0.5, 0.6) is 0 Å². The topological polar surface area (TPSA) is 53.1 Å². The van der Waals surface area contributed by atoms with Gasteiger partial charge in [-0.2, -0.15) is 0 Å². The van der Waals surface area contributed by atoms with E-state index >= 15 is 0 Å². The number of para-hydroxylation sites is 1. The minimum atomic E-state index is -0.369. The molecule has 1 aromatic heterocycles. The molecule has 0 radical (unpaired) electrons. The maximum absolute atomic E-state index is 12.0. The highest BCUT2D eigenvalue weighted by molar-refractivity contribution is 5.78. The van der Waals surface area contributed by atoms with Gasteiger partial charge in [0.05, 0.1) is 6.10 Å². The highest BCUT2D eigenvalue weighted by Crippen LogP contribution is 2.08. The van der Waals surface area contributed by atoms with E-state index in [2.05, 4.69) is 4.98 Å². The Morgan fingerprint density at radius 1 is 1.29 bits per heavy atom. The minimum Gasteiger partial charge on any atom is -0.389 e. The van der Waals surface area contributed by atoms with E-state index in [1.165, 1.54) is 0 Å². The monoisotopic (exact) mass is 283 g/mol. The summed E-state index contributed by atoms with van der Waals surface area (Å²) >= 11 is 0. The van der Waals surface area contributed by atoms with Crippen molar-refractivity contribution in [3.05, 3.63) is 70.6 Å². The van der Waals surface area contributed by atoms with Crippen LogP contribution in [0.1, 0.15) is 25.5 Å². The average Bonchev–Trinajstić information content (AvgIpc) is 2.50. The number of fused-ring (bicyclic) bond motifs is 1. The Kier molecular flexibility index (Phi) is 5.52. The molecule has 0 aliphatic heterocycles. The number of aliphatic hydroxyl groups is 1. The zero-order valence-electron chi connectivity index (χ0n) is 12.3. The van der Waals surface area contributed by atoms with Crippen molar-refractivity contribution in [2.75, 3.05) is 0 Å². The highest BCUT2D eigenvalue weighted by Gasteiger charge is 2.00. The van der Waals surface area contributed by atoms with Gasteiger partial charge >= 0.3 is 0 Å². The van der Waals surface area contributed by atoms with E-state index in [1.807, 2.05) is 49.4 Å². The molecule has 0 unspecified atom stereocenters. The van der Waals surface area contributed by atoms with Crippen LogP contribution in [0.25, 0.3) is 10.9 Å². The fourth-order valence-corrected chi connectivity index (χ4v) is 2.13. The van der Waals surface area contributed by atoms with Crippen LogP contribution in [0.4, 0.5) is 0 Å². The third-order valence-corrected chi connectivity index (χ3v) is 3.37. The van der Waals surface area contributed by atoms with Crippen molar-refractivity contribution < 1.29 is 5.11 Å². The molecule has 3 heteroatoms. The Morgan fingerprint density at radius 2 is 2.10 bits per heavy atom. The van der Waals surface area contributed by atoms with E-state index in [0.717, 1.165) is 35.9 Å². The number of aromatic amines is 1. The summed E-state index contributed by atoms with van der Waals surface area (Å²) in [6, 6.07) is 9.22. The van der Waals surface area contributed by atoms with Crippen molar-refractivity contribution in [2.45, 2.75) is 32.3 Å². The molecule has 0 bridgehead atoms. The molecule has 1 heterocycles. The zero-order valence-corrected chi connectivity index (χ0v) is 12.3. The second kappa shape index (κ2) is 7.60. The van der Waals surface area contributed by atoms with Crippen molar-refractivity contribution in [3.8, 4) is 0 Å². The van der Waals surface area contributed by atoms with Crippen molar-refractivity contribution in [3.63, 3.8) is 0 Å². The molecule has 0 saturated carbocycles. The first-order valence-electron chi connectivity index (χ1n) is 7.33. The Morgan fingerprint density at radius 3 is 2.90 bits per heavy atom. The number of aromatic nitrogens is 1. The Hall–Kier alpha value is -2.13. The summed E-state index contributed by atoms with van der Waals surface area (Å²) in [4.78, 5) is 15.3. The summed E-state index contributed by atoms with van der Waals surface area (Å²) in [5.41, 5.74) is 1.89. The second-order valence-corrected chi connectivity index (χ2v) is 5.03. The quantitative estimate of drug-likeness (QED) is 0.799. The summed E-state index contributed by atoms with van der Waals surface area (Å²) in [6.07, 6.45) is 9.59. The van der Waals surface area contributed by atoms with Gasteiger partial charge in [-0.05, 0) is 31.4 Å². The van der Waals surface area contributed by atoms with Gasteiger partial charge in [0.25, 0.3) is 0 Å². The molecule has 0 aliphatic rings. The van der Waals surface area contributed by atoms with Crippen molar-refractivity contribution >= 4 is 10.9 Å². The molecular formula is C18H21NO2. The lowest BCUT2D eigenvalue weighted by Crippen LogP contribution is -2.04.